The third-order valence-corrected chi connectivity index (χ3v) is 6.90. The van der Waals surface area contributed by atoms with Gasteiger partial charge >= 0.3 is 0 Å². The van der Waals surface area contributed by atoms with E-state index in [0.717, 1.165) is 45.1 Å². The second-order valence-corrected chi connectivity index (χ2v) is 8.61. The quantitative estimate of drug-likeness (QED) is 0.839. The summed E-state index contributed by atoms with van der Waals surface area (Å²) < 4.78 is 36.9. The molecule has 0 atom stereocenters. The summed E-state index contributed by atoms with van der Waals surface area (Å²) in [7, 11) is -1.67. The number of methoxy groups -OCH3 is 1. The first kappa shape index (κ1) is 17.8. The molecule has 8 heteroatoms. The highest BCUT2D eigenvalue weighted by molar-refractivity contribution is 7.87. The molecule has 0 unspecified atom stereocenters. The summed E-state index contributed by atoms with van der Waals surface area (Å²) in [6.07, 6.45) is 9.19. The third-order valence-electron chi connectivity index (χ3n) is 5.23. The fourth-order valence-electron chi connectivity index (χ4n) is 3.79. The van der Waals surface area contributed by atoms with E-state index in [9.17, 15) is 8.42 Å². The molecule has 1 aliphatic heterocycles. The van der Waals surface area contributed by atoms with Crippen molar-refractivity contribution in [2.45, 2.75) is 50.6 Å². The summed E-state index contributed by atoms with van der Waals surface area (Å²) in [4.78, 5) is 0. The summed E-state index contributed by atoms with van der Waals surface area (Å²) in [6.45, 7) is 1.90. The van der Waals surface area contributed by atoms with Crippen LogP contribution in [0.1, 0.15) is 44.6 Å². The molecule has 1 aromatic heterocycles. The standard InChI is InChI=1S/C16H28N4O3S/c1-23-13-14-7-11-19(12-8-14)24(21,22)18-15-3-5-16(6-4-15)20-10-2-9-17-20/h2,9-10,14-16,18H,3-8,11-13H2,1H3. The van der Waals surface area contributed by atoms with Gasteiger partial charge in [-0.2, -0.15) is 22.5 Å². The molecule has 1 aromatic rings. The molecule has 2 heterocycles. The Balaban J connectivity index is 1.47. The number of rotatable bonds is 6. The summed E-state index contributed by atoms with van der Waals surface area (Å²) >= 11 is 0. The summed E-state index contributed by atoms with van der Waals surface area (Å²) in [6, 6.07) is 2.37. The van der Waals surface area contributed by atoms with E-state index in [2.05, 4.69) is 9.82 Å². The van der Waals surface area contributed by atoms with Gasteiger partial charge in [0.05, 0.1) is 6.04 Å². The van der Waals surface area contributed by atoms with Gasteiger partial charge in [0.1, 0.15) is 0 Å². The Hall–Kier alpha value is -0.960. The van der Waals surface area contributed by atoms with Crippen LogP contribution in [-0.2, 0) is 14.9 Å². The smallest absolute Gasteiger partial charge is 0.279 e. The van der Waals surface area contributed by atoms with Gasteiger partial charge in [0.25, 0.3) is 10.2 Å². The molecule has 0 amide bonds. The lowest BCUT2D eigenvalue weighted by Crippen LogP contribution is -2.49. The van der Waals surface area contributed by atoms with Crippen LogP contribution in [0.25, 0.3) is 0 Å². The lowest BCUT2D eigenvalue weighted by molar-refractivity contribution is 0.121. The topological polar surface area (TPSA) is 76.5 Å². The van der Waals surface area contributed by atoms with Crippen LogP contribution in [-0.4, -0.2) is 55.4 Å². The van der Waals surface area contributed by atoms with Crippen molar-refractivity contribution in [3.63, 3.8) is 0 Å². The van der Waals surface area contributed by atoms with Crippen LogP contribution in [0.3, 0.4) is 0 Å². The first-order chi connectivity index (χ1) is 11.6. The first-order valence-electron chi connectivity index (χ1n) is 8.84. The zero-order valence-corrected chi connectivity index (χ0v) is 15.1. The fourth-order valence-corrected chi connectivity index (χ4v) is 5.29. The minimum atomic E-state index is -3.37. The van der Waals surface area contributed by atoms with Crippen LogP contribution < -0.4 is 4.72 Å². The minimum Gasteiger partial charge on any atom is -0.384 e. The third kappa shape index (κ3) is 4.36. The Kier molecular flexibility index (Phi) is 5.91. The molecule has 2 aliphatic rings. The van der Waals surface area contributed by atoms with E-state index >= 15 is 0 Å². The zero-order valence-electron chi connectivity index (χ0n) is 14.3. The zero-order chi connectivity index (χ0) is 17.0. The predicted molar refractivity (Wildman–Crippen MR) is 91.7 cm³/mol. The molecule has 0 bridgehead atoms. The maximum atomic E-state index is 12.6. The van der Waals surface area contributed by atoms with Crippen molar-refractivity contribution in [3.8, 4) is 0 Å². The van der Waals surface area contributed by atoms with Crippen LogP contribution >= 0.6 is 0 Å². The Labute approximate surface area is 144 Å². The van der Waals surface area contributed by atoms with Gasteiger partial charge in [-0.1, -0.05) is 0 Å². The Morgan fingerprint density at radius 3 is 2.46 bits per heavy atom. The Bertz CT molecular complexity index is 589. The lowest BCUT2D eigenvalue weighted by atomic mass is 9.92. The van der Waals surface area contributed by atoms with Gasteiger partial charge in [0.15, 0.2) is 0 Å². The molecule has 2 fully saturated rings. The van der Waals surface area contributed by atoms with Gasteiger partial charge in [-0.25, -0.2) is 0 Å². The predicted octanol–water partition coefficient (Wildman–Crippen LogP) is 1.56. The molecule has 1 aliphatic carbocycles. The van der Waals surface area contributed by atoms with Crippen LogP contribution in [0, 0.1) is 5.92 Å². The normalized spacial score (nSPS) is 27.4. The molecule has 3 rings (SSSR count). The summed E-state index contributed by atoms with van der Waals surface area (Å²) in [5.74, 6) is 0.478. The maximum absolute atomic E-state index is 12.6. The number of aromatic nitrogens is 2. The van der Waals surface area contributed by atoms with Crippen LogP contribution in [0.5, 0.6) is 0 Å². The summed E-state index contributed by atoms with van der Waals surface area (Å²) in [5.41, 5.74) is 0. The lowest BCUT2D eigenvalue weighted by Gasteiger charge is -2.34. The van der Waals surface area contributed by atoms with Gasteiger partial charge in [-0.15, -0.1) is 0 Å². The highest BCUT2D eigenvalue weighted by atomic mass is 32.2. The van der Waals surface area contributed by atoms with Gasteiger partial charge in [0, 0.05) is 45.2 Å². The minimum absolute atomic E-state index is 0.0403. The van der Waals surface area contributed by atoms with E-state index in [1.54, 1.807) is 17.6 Å². The SMILES string of the molecule is COCC1CCN(S(=O)(=O)NC2CCC(n3cccn3)CC2)CC1. The van der Waals surface area contributed by atoms with E-state index < -0.39 is 10.2 Å². The highest BCUT2D eigenvalue weighted by Gasteiger charge is 2.31. The number of ether oxygens (including phenoxy) is 1. The summed E-state index contributed by atoms with van der Waals surface area (Å²) in [5, 5.41) is 4.29. The molecule has 0 radical (unpaired) electrons. The fraction of sp³-hybridized carbons (Fsp3) is 0.812. The molecule has 1 saturated carbocycles. The van der Waals surface area contributed by atoms with Crippen LogP contribution in [0.15, 0.2) is 18.5 Å². The molecule has 0 spiro atoms. The van der Waals surface area contributed by atoms with Gasteiger partial charge in [-0.3, -0.25) is 4.68 Å². The second kappa shape index (κ2) is 7.95. The van der Waals surface area contributed by atoms with Crippen molar-refractivity contribution < 1.29 is 13.2 Å². The molecule has 7 nitrogen and oxygen atoms in total. The Morgan fingerprint density at radius 1 is 1.17 bits per heavy atom. The first-order valence-corrected chi connectivity index (χ1v) is 10.3. The van der Waals surface area contributed by atoms with Crippen molar-refractivity contribution >= 4 is 10.2 Å². The molecule has 136 valence electrons. The second-order valence-electron chi connectivity index (χ2n) is 6.91. The van der Waals surface area contributed by atoms with Gasteiger partial charge < -0.3 is 4.74 Å². The van der Waals surface area contributed by atoms with E-state index in [4.69, 9.17) is 4.74 Å². The average Bonchev–Trinajstić information content (AvgIpc) is 3.10. The number of nitrogens with zero attached hydrogens (tertiary/aromatic N) is 3. The van der Waals surface area contributed by atoms with Crippen molar-refractivity contribution in [1.29, 1.82) is 0 Å². The molecular formula is C16H28N4O3S. The van der Waals surface area contributed by atoms with Crippen molar-refractivity contribution in [3.05, 3.63) is 18.5 Å². The van der Waals surface area contributed by atoms with E-state index in [1.165, 1.54) is 0 Å². The molecule has 0 aromatic carbocycles. The van der Waals surface area contributed by atoms with E-state index in [-0.39, 0.29) is 6.04 Å². The number of nitrogens with one attached hydrogen (secondary N) is 1. The van der Waals surface area contributed by atoms with Crippen LogP contribution in [0.2, 0.25) is 0 Å². The molecule has 1 N–H and O–H groups in total. The van der Waals surface area contributed by atoms with Crippen molar-refractivity contribution in [2.75, 3.05) is 26.8 Å². The molecule has 1 saturated heterocycles. The van der Waals surface area contributed by atoms with E-state index in [1.807, 2.05) is 16.9 Å². The van der Waals surface area contributed by atoms with Gasteiger partial charge in [0.2, 0.25) is 0 Å². The van der Waals surface area contributed by atoms with Crippen molar-refractivity contribution in [1.82, 2.24) is 18.8 Å². The van der Waals surface area contributed by atoms with Gasteiger partial charge in [-0.05, 0) is 50.5 Å². The Morgan fingerprint density at radius 2 is 1.88 bits per heavy atom. The monoisotopic (exact) mass is 356 g/mol. The van der Waals surface area contributed by atoms with Crippen molar-refractivity contribution in [2.24, 2.45) is 5.92 Å². The average molecular weight is 356 g/mol. The molecular weight excluding hydrogens is 328 g/mol. The number of piperidine rings is 1. The highest BCUT2D eigenvalue weighted by Crippen LogP contribution is 2.28. The molecule has 24 heavy (non-hydrogen) atoms. The maximum Gasteiger partial charge on any atom is 0.279 e. The number of hydrogen-bond acceptors (Lipinski definition) is 4. The van der Waals surface area contributed by atoms with E-state index in [0.29, 0.717) is 25.0 Å². The van der Waals surface area contributed by atoms with Crippen LogP contribution in [0.4, 0.5) is 0 Å². The largest absolute Gasteiger partial charge is 0.384 e. The number of hydrogen-bond donors (Lipinski definition) is 1.